The van der Waals surface area contributed by atoms with Crippen molar-refractivity contribution >= 4 is 15.9 Å². The maximum absolute atomic E-state index is 12.8. The molecule has 0 aliphatic carbocycles. The third kappa shape index (κ3) is 4.25. The molecule has 0 bridgehead atoms. The smallest absolute Gasteiger partial charge is 0.274 e. The van der Waals surface area contributed by atoms with E-state index in [2.05, 4.69) is 9.97 Å². The van der Waals surface area contributed by atoms with Crippen molar-refractivity contribution in [3.05, 3.63) is 59.7 Å². The minimum Gasteiger partial charge on any atom is -0.336 e. The van der Waals surface area contributed by atoms with Crippen molar-refractivity contribution in [1.29, 1.82) is 0 Å². The fourth-order valence-electron chi connectivity index (χ4n) is 3.01. The molecule has 1 aromatic heterocycles. The van der Waals surface area contributed by atoms with Gasteiger partial charge in [0.2, 0.25) is 10.0 Å². The predicted octanol–water partition coefficient (Wildman–Crippen LogP) is 1.46. The summed E-state index contributed by atoms with van der Waals surface area (Å²) in [5.74, 6) is -0.228. The molecule has 26 heavy (non-hydrogen) atoms. The average molecular weight is 374 g/mol. The number of hydrogen-bond acceptors (Lipinski definition) is 5. The molecule has 0 unspecified atom stereocenters. The first kappa shape index (κ1) is 18.5. The van der Waals surface area contributed by atoms with Gasteiger partial charge in [-0.1, -0.05) is 24.3 Å². The molecule has 2 aromatic rings. The Bertz CT molecular complexity index is 871. The zero-order valence-electron chi connectivity index (χ0n) is 14.7. The minimum absolute atomic E-state index is 0.0161. The molecule has 0 radical (unpaired) electrons. The van der Waals surface area contributed by atoms with Crippen LogP contribution in [0.15, 0.2) is 42.9 Å². The van der Waals surface area contributed by atoms with Crippen molar-refractivity contribution < 1.29 is 13.2 Å². The Hall–Kier alpha value is -2.32. The Balaban J connectivity index is 1.68. The van der Waals surface area contributed by atoms with E-state index in [4.69, 9.17) is 0 Å². The molecule has 8 heteroatoms. The lowest BCUT2D eigenvalue weighted by molar-refractivity contribution is 0.0758. The number of carbonyl (C=O) groups is 1. The highest BCUT2D eigenvalue weighted by Gasteiger charge is 2.28. The van der Waals surface area contributed by atoms with Gasteiger partial charge in [0.05, 0.1) is 11.9 Å². The zero-order valence-corrected chi connectivity index (χ0v) is 15.5. The van der Waals surface area contributed by atoms with Gasteiger partial charge in [-0.3, -0.25) is 9.78 Å². The van der Waals surface area contributed by atoms with Crippen molar-refractivity contribution in [2.24, 2.45) is 0 Å². The molecule has 3 rings (SSSR count). The number of hydrogen-bond donors (Lipinski definition) is 0. The summed E-state index contributed by atoms with van der Waals surface area (Å²) < 4.78 is 27.1. The summed E-state index contributed by atoms with van der Waals surface area (Å²) in [6.45, 7) is 3.47. The molecular formula is C18H22N4O3S. The van der Waals surface area contributed by atoms with Crippen LogP contribution in [-0.2, 0) is 15.8 Å². The summed E-state index contributed by atoms with van der Waals surface area (Å²) in [4.78, 5) is 22.1. The maximum Gasteiger partial charge on any atom is 0.274 e. The third-order valence-corrected chi connectivity index (χ3v) is 6.34. The molecule has 138 valence electrons. The molecule has 0 saturated carbocycles. The van der Waals surface area contributed by atoms with Crippen molar-refractivity contribution in [3.8, 4) is 0 Å². The van der Waals surface area contributed by atoms with Gasteiger partial charge in [-0.15, -0.1) is 0 Å². The first-order chi connectivity index (χ1) is 12.5. The molecule has 2 heterocycles. The normalized spacial score (nSPS) is 16.3. The van der Waals surface area contributed by atoms with Crippen LogP contribution < -0.4 is 0 Å². The second kappa shape index (κ2) is 7.92. The second-order valence-corrected chi connectivity index (χ2v) is 8.29. The van der Waals surface area contributed by atoms with Crippen molar-refractivity contribution in [2.75, 3.05) is 26.2 Å². The van der Waals surface area contributed by atoms with Crippen molar-refractivity contribution in [1.82, 2.24) is 19.2 Å². The maximum atomic E-state index is 12.8. The van der Waals surface area contributed by atoms with Crippen LogP contribution in [-0.4, -0.2) is 59.7 Å². The minimum atomic E-state index is -3.43. The topological polar surface area (TPSA) is 83.5 Å². The number of carbonyl (C=O) groups excluding carboxylic acids is 1. The summed E-state index contributed by atoms with van der Waals surface area (Å²) >= 11 is 0. The summed E-state index contributed by atoms with van der Waals surface area (Å²) in [5.41, 5.74) is 2.05. The zero-order chi connectivity index (χ0) is 18.6. The van der Waals surface area contributed by atoms with Gasteiger partial charge in [0.25, 0.3) is 5.91 Å². The summed E-state index contributed by atoms with van der Waals surface area (Å²) in [6.07, 6.45) is 5.02. The number of sulfonamides is 1. The van der Waals surface area contributed by atoms with Crippen LogP contribution in [0.25, 0.3) is 0 Å². The number of rotatable bonds is 4. The summed E-state index contributed by atoms with van der Waals surface area (Å²) in [7, 11) is -3.43. The summed E-state index contributed by atoms with van der Waals surface area (Å²) in [5, 5.41) is 0. The standard InChI is InChI=1S/C18H22N4O3S/c1-15-5-2-3-6-16(15)14-26(24,25)22-10-4-9-21(11-12-22)18(23)17-13-19-7-8-20-17/h2-3,5-8,13H,4,9-12,14H2,1H3. The molecule has 1 saturated heterocycles. The number of aryl methyl sites for hydroxylation is 1. The van der Waals surface area contributed by atoms with E-state index in [0.29, 0.717) is 32.6 Å². The molecule has 1 aliphatic rings. The summed E-state index contributed by atoms with van der Waals surface area (Å²) in [6, 6.07) is 7.50. The third-order valence-electron chi connectivity index (χ3n) is 4.52. The van der Waals surface area contributed by atoms with Gasteiger partial charge in [0.15, 0.2) is 0 Å². The lowest BCUT2D eigenvalue weighted by Gasteiger charge is -2.22. The van der Waals surface area contributed by atoms with Crippen LogP contribution in [0.4, 0.5) is 0 Å². The molecular weight excluding hydrogens is 352 g/mol. The van der Waals surface area contributed by atoms with Crippen LogP contribution in [0.1, 0.15) is 28.0 Å². The number of aromatic nitrogens is 2. The Morgan fingerprint density at radius 2 is 1.92 bits per heavy atom. The van der Waals surface area contributed by atoms with Gasteiger partial charge in [0, 0.05) is 38.6 Å². The molecule has 0 spiro atoms. The highest BCUT2D eigenvalue weighted by molar-refractivity contribution is 7.88. The van der Waals surface area contributed by atoms with E-state index in [1.54, 1.807) is 4.90 Å². The first-order valence-electron chi connectivity index (χ1n) is 8.55. The van der Waals surface area contributed by atoms with Crippen LogP contribution in [0.5, 0.6) is 0 Å². The van der Waals surface area contributed by atoms with Gasteiger partial charge in [-0.2, -0.15) is 4.31 Å². The monoisotopic (exact) mass is 374 g/mol. The van der Waals surface area contributed by atoms with E-state index in [9.17, 15) is 13.2 Å². The number of benzene rings is 1. The lowest BCUT2D eigenvalue weighted by atomic mass is 10.1. The van der Waals surface area contributed by atoms with E-state index in [1.807, 2.05) is 31.2 Å². The van der Waals surface area contributed by atoms with E-state index >= 15 is 0 Å². The second-order valence-electron chi connectivity index (χ2n) is 6.32. The van der Waals surface area contributed by atoms with E-state index in [-0.39, 0.29) is 17.4 Å². The first-order valence-corrected chi connectivity index (χ1v) is 10.2. The highest BCUT2D eigenvalue weighted by Crippen LogP contribution is 2.17. The molecule has 1 aliphatic heterocycles. The fourth-order valence-corrected chi connectivity index (χ4v) is 4.67. The van der Waals surface area contributed by atoms with Crippen LogP contribution in [0.3, 0.4) is 0 Å². The van der Waals surface area contributed by atoms with E-state index in [1.165, 1.54) is 22.9 Å². The largest absolute Gasteiger partial charge is 0.336 e. The molecule has 1 aromatic carbocycles. The van der Waals surface area contributed by atoms with Crippen LogP contribution >= 0.6 is 0 Å². The van der Waals surface area contributed by atoms with Crippen LogP contribution in [0, 0.1) is 6.92 Å². The Morgan fingerprint density at radius 3 is 2.65 bits per heavy atom. The Morgan fingerprint density at radius 1 is 1.12 bits per heavy atom. The molecule has 0 atom stereocenters. The quantitative estimate of drug-likeness (QED) is 0.809. The Labute approximate surface area is 153 Å². The van der Waals surface area contributed by atoms with Crippen molar-refractivity contribution in [3.63, 3.8) is 0 Å². The molecule has 1 fully saturated rings. The molecule has 1 amide bonds. The van der Waals surface area contributed by atoms with Crippen molar-refractivity contribution in [2.45, 2.75) is 19.1 Å². The highest BCUT2D eigenvalue weighted by atomic mass is 32.2. The van der Waals surface area contributed by atoms with Gasteiger partial charge in [-0.05, 0) is 24.5 Å². The SMILES string of the molecule is Cc1ccccc1CS(=O)(=O)N1CCCN(C(=O)c2cnccn2)CC1. The van der Waals surface area contributed by atoms with E-state index in [0.717, 1.165) is 11.1 Å². The van der Waals surface area contributed by atoms with Gasteiger partial charge in [-0.25, -0.2) is 13.4 Å². The number of amides is 1. The van der Waals surface area contributed by atoms with Gasteiger partial charge >= 0.3 is 0 Å². The number of nitrogens with zero attached hydrogens (tertiary/aromatic N) is 4. The van der Waals surface area contributed by atoms with Crippen LogP contribution in [0.2, 0.25) is 0 Å². The fraction of sp³-hybridized carbons (Fsp3) is 0.389. The molecule has 7 nitrogen and oxygen atoms in total. The van der Waals surface area contributed by atoms with E-state index < -0.39 is 10.0 Å². The average Bonchev–Trinajstić information content (AvgIpc) is 2.90. The van der Waals surface area contributed by atoms with Gasteiger partial charge < -0.3 is 4.90 Å². The Kier molecular flexibility index (Phi) is 5.63. The lowest BCUT2D eigenvalue weighted by Crippen LogP contribution is -2.38. The predicted molar refractivity (Wildman–Crippen MR) is 97.9 cm³/mol. The van der Waals surface area contributed by atoms with Gasteiger partial charge in [0.1, 0.15) is 5.69 Å². The molecule has 0 N–H and O–H groups in total.